The second kappa shape index (κ2) is 9.84. The van der Waals surface area contributed by atoms with E-state index in [1.807, 2.05) is 37.3 Å². The summed E-state index contributed by atoms with van der Waals surface area (Å²) in [6.45, 7) is 2.17. The van der Waals surface area contributed by atoms with Gasteiger partial charge in [-0.2, -0.15) is 10.1 Å². The second-order valence-corrected chi connectivity index (χ2v) is 6.18. The van der Waals surface area contributed by atoms with Crippen molar-refractivity contribution in [1.82, 2.24) is 15.4 Å². The Balaban J connectivity index is 1.49. The molecule has 8 heteroatoms. The molecule has 3 rings (SSSR count). The Bertz CT molecular complexity index is 975. The predicted octanol–water partition coefficient (Wildman–Crippen LogP) is 2.63. The summed E-state index contributed by atoms with van der Waals surface area (Å²) >= 11 is 0. The third kappa shape index (κ3) is 6.62. The first-order valence-corrected chi connectivity index (χ1v) is 8.96. The van der Waals surface area contributed by atoms with Crippen molar-refractivity contribution in [3.05, 3.63) is 77.5 Å². The molecule has 0 radical (unpaired) electrons. The number of carbonyl (C=O) groups excluding carboxylic acids is 1. The number of phenolic OH excluding ortho intramolecular Hbond substituents is 1. The number of aryl methyl sites for hydroxylation is 1. The number of anilines is 1. The van der Waals surface area contributed by atoms with Crippen LogP contribution < -0.4 is 15.5 Å². The number of amides is 1. The van der Waals surface area contributed by atoms with Crippen LogP contribution in [0.4, 0.5) is 5.95 Å². The largest absolute Gasteiger partial charge is 0.508 e. The molecule has 0 aliphatic carbocycles. The van der Waals surface area contributed by atoms with Crippen molar-refractivity contribution in [2.24, 2.45) is 5.10 Å². The van der Waals surface area contributed by atoms with E-state index in [4.69, 9.17) is 4.74 Å². The summed E-state index contributed by atoms with van der Waals surface area (Å²) in [5.41, 5.74) is 4.94. The van der Waals surface area contributed by atoms with Crippen LogP contribution in [0.2, 0.25) is 0 Å². The number of hydrogen-bond donors (Lipinski definition) is 3. The van der Waals surface area contributed by atoms with Crippen molar-refractivity contribution < 1.29 is 14.6 Å². The van der Waals surface area contributed by atoms with Crippen molar-refractivity contribution in [3.8, 4) is 11.6 Å². The Hall–Kier alpha value is -3.94. The van der Waals surface area contributed by atoms with Crippen molar-refractivity contribution in [2.45, 2.75) is 13.5 Å². The highest BCUT2D eigenvalue weighted by atomic mass is 16.5. The smallest absolute Gasteiger partial charge is 0.278 e. The lowest BCUT2D eigenvalue weighted by atomic mass is 10.2. The van der Waals surface area contributed by atoms with Gasteiger partial charge in [-0.25, -0.2) is 10.4 Å². The molecule has 0 atom stereocenters. The van der Waals surface area contributed by atoms with Crippen LogP contribution in [0.15, 0.2) is 65.8 Å². The standard InChI is InChI=1S/C21H21N5O3/c1-15-11-20(25-21(24-15)22-12-16-5-3-2-4-6-16)29-14-19(28)26-23-13-17-7-9-18(27)10-8-17/h2-11,13,27H,12,14H2,1H3,(H,26,28)(H,22,24,25). The molecule has 2 aromatic carbocycles. The first-order chi connectivity index (χ1) is 14.1. The number of carbonyl (C=O) groups is 1. The van der Waals surface area contributed by atoms with E-state index in [2.05, 4.69) is 25.8 Å². The van der Waals surface area contributed by atoms with Crippen molar-refractivity contribution in [1.29, 1.82) is 0 Å². The molecule has 0 aliphatic rings. The molecule has 0 fully saturated rings. The molecule has 8 nitrogen and oxygen atoms in total. The van der Waals surface area contributed by atoms with Gasteiger partial charge in [-0.15, -0.1) is 0 Å². The summed E-state index contributed by atoms with van der Waals surface area (Å²) in [6, 6.07) is 18.0. The van der Waals surface area contributed by atoms with E-state index in [-0.39, 0.29) is 12.4 Å². The van der Waals surface area contributed by atoms with E-state index < -0.39 is 5.91 Å². The normalized spacial score (nSPS) is 10.7. The van der Waals surface area contributed by atoms with Gasteiger partial charge in [-0.05, 0) is 42.3 Å². The number of hydrogen-bond acceptors (Lipinski definition) is 7. The fourth-order valence-electron chi connectivity index (χ4n) is 2.38. The van der Waals surface area contributed by atoms with Crippen LogP contribution in [0.25, 0.3) is 0 Å². The highest BCUT2D eigenvalue weighted by Crippen LogP contribution is 2.13. The zero-order valence-corrected chi connectivity index (χ0v) is 15.9. The Morgan fingerprint density at radius 2 is 1.90 bits per heavy atom. The van der Waals surface area contributed by atoms with Crippen molar-refractivity contribution >= 4 is 18.1 Å². The Labute approximate surface area is 168 Å². The molecule has 0 aliphatic heterocycles. The first-order valence-electron chi connectivity index (χ1n) is 8.96. The number of aromatic hydroxyl groups is 1. The van der Waals surface area contributed by atoms with Gasteiger partial charge >= 0.3 is 0 Å². The summed E-state index contributed by atoms with van der Waals surface area (Å²) in [7, 11) is 0. The molecule has 0 saturated carbocycles. The van der Waals surface area contributed by atoms with E-state index in [9.17, 15) is 9.90 Å². The monoisotopic (exact) mass is 391 g/mol. The molecule has 3 N–H and O–H groups in total. The fraction of sp³-hybridized carbons (Fsp3) is 0.143. The fourth-order valence-corrected chi connectivity index (χ4v) is 2.38. The van der Waals surface area contributed by atoms with Gasteiger partial charge in [0, 0.05) is 18.3 Å². The first kappa shape index (κ1) is 19.8. The van der Waals surface area contributed by atoms with E-state index in [0.29, 0.717) is 18.4 Å². The zero-order valence-electron chi connectivity index (χ0n) is 15.9. The van der Waals surface area contributed by atoms with Gasteiger partial charge in [0.1, 0.15) is 5.75 Å². The number of benzene rings is 2. The Morgan fingerprint density at radius 3 is 2.66 bits per heavy atom. The van der Waals surface area contributed by atoms with Crippen LogP contribution in [-0.4, -0.2) is 33.8 Å². The van der Waals surface area contributed by atoms with Crippen LogP contribution in [0, 0.1) is 6.92 Å². The molecule has 0 unspecified atom stereocenters. The van der Waals surface area contributed by atoms with Gasteiger partial charge in [0.2, 0.25) is 11.8 Å². The van der Waals surface area contributed by atoms with E-state index >= 15 is 0 Å². The molecule has 0 saturated heterocycles. The molecule has 1 heterocycles. The summed E-state index contributed by atoms with van der Waals surface area (Å²) in [4.78, 5) is 20.5. The quantitative estimate of drug-likeness (QED) is 0.402. The van der Waals surface area contributed by atoms with E-state index in [1.54, 1.807) is 18.2 Å². The molecule has 3 aromatic rings. The highest BCUT2D eigenvalue weighted by molar-refractivity contribution is 5.83. The predicted molar refractivity (Wildman–Crippen MR) is 110 cm³/mol. The van der Waals surface area contributed by atoms with Crippen molar-refractivity contribution in [2.75, 3.05) is 11.9 Å². The number of hydrazone groups is 1. The molecular formula is C21H21N5O3. The zero-order chi connectivity index (χ0) is 20.5. The van der Waals surface area contributed by atoms with Gasteiger partial charge in [0.25, 0.3) is 5.91 Å². The van der Waals surface area contributed by atoms with E-state index in [0.717, 1.165) is 16.8 Å². The van der Waals surface area contributed by atoms with Crippen LogP contribution >= 0.6 is 0 Å². The molecule has 0 bridgehead atoms. The number of rotatable bonds is 8. The topological polar surface area (TPSA) is 109 Å². The lowest BCUT2D eigenvalue weighted by Gasteiger charge is -2.09. The van der Waals surface area contributed by atoms with Gasteiger partial charge in [-0.3, -0.25) is 4.79 Å². The number of phenols is 1. The van der Waals surface area contributed by atoms with Gasteiger partial charge in [0.05, 0.1) is 6.21 Å². The van der Waals surface area contributed by atoms with E-state index in [1.165, 1.54) is 18.3 Å². The number of nitrogens with zero attached hydrogens (tertiary/aromatic N) is 3. The Morgan fingerprint density at radius 1 is 1.14 bits per heavy atom. The average molecular weight is 391 g/mol. The van der Waals surface area contributed by atoms with Crippen LogP contribution in [0.1, 0.15) is 16.8 Å². The molecule has 29 heavy (non-hydrogen) atoms. The lowest BCUT2D eigenvalue weighted by Crippen LogP contribution is -2.25. The Kier molecular flexibility index (Phi) is 6.72. The van der Waals surface area contributed by atoms with Crippen LogP contribution in [-0.2, 0) is 11.3 Å². The highest BCUT2D eigenvalue weighted by Gasteiger charge is 2.06. The molecule has 148 valence electrons. The minimum Gasteiger partial charge on any atom is -0.508 e. The number of aromatic nitrogens is 2. The van der Waals surface area contributed by atoms with Gasteiger partial charge < -0.3 is 15.2 Å². The molecule has 1 amide bonds. The van der Waals surface area contributed by atoms with Gasteiger partial charge in [0.15, 0.2) is 6.61 Å². The molecule has 1 aromatic heterocycles. The third-order valence-corrected chi connectivity index (χ3v) is 3.77. The summed E-state index contributed by atoms with van der Waals surface area (Å²) in [5.74, 6) is 0.466. The van der Waals surface area contributed by atoms with Gasteiger partial charge in [-0.1, -0.05) is 30.3 Å². The number of ether oxygens (including phenoxy) is 1. The minimum atomic E-state index is -0.421. The maximum atomic E-state index is 11.9. The average Bonchev–Trinajstić information content (AvgIpc) is 2.73. The molecule has 0 spiro atoms. The molecular weight excluding hydrogens is 370 g/mol. The van der Waals surface area contributed by atoms with Crippen LogP contribution in [0.5, 0.6) is 11.6 Å². The lowest BCUT2D eigenvalue weighted by molar-refractivity contribution is -0.123. The maximum Gasteiger partial charge on any atom is 0.278 e. The SMILES string of the molecule is Cc1cc(OCC(=O)NN=Cc2ccc(O)cc2)nc(NCc2ccccc2)n1. The second-order valence-electron chi connectivity index (χ2n) is 6.18. The summed E-state index contributed by atoms with van der Waals surface area (Å²) in [5, 5.41) is 16.2. The number of nitrogens with one attached hydrogen (secondary N) is 2. The maximum absolute atomic E-state index is 11.9. The summed E-state index contributed by atoms with van der Waals surface area (Å²) < 4.78 is 5.45. The summed E-state index contributed by atoms with van der Waals surface area (Å²) in [6.07, 6.45) is 1.47. The third-order valence-electron chi connectivity index (χ3n) is 3.77. The van der Waals surface area contributed by atoms with Crippen molar-refractivity contribution in [3.63, 3.8) is 0 Å². The van der Waals surface area contributed by atoms with Crippen LogP contribution in [0.3, 0.4) is 0 Å². The minimum absolute atomic E-state index is 0.164.